The Morgan fingerprint density at radius 3 is 2.60 bits per heavy atom. The van der Waals surface area contributed by atoms with Crippen LogP contribution in [0.5, 0.6) is 0 Å². The number of amides is 3. The van der Waals surface area contributed by atoms with E-state index in [1.54, 1.807) is 0 Å². The SMILES string of the molecule is CCOCCCNC(=O)NCC(=O)NC1CCCCC1. The zero-order chi connectivity index (χ0) is 14.6. The zero-order valence-corrected chi connectivity index (χ0v) is 12.4. The third-order valence-electron chi connectivity index (χ3n) is 3.33. The maximum Gasteiger partial charge on any atom is 0.315 e. The summed E-state index contributed by atoms with van der Waals surface area (Å²) in [7, 11) is 0. The summed E-state index contributed by atoms with van der Waals surface area (Å²) in [6.07, 6.45) is 6.49. The summed E-state index contributed by atoms with van der Waals surface area (Å²) in [6.45, 7) is 3.85. The fourth-order valence-electron chi connectivity index (χ4n) is 2.27. The molecule has 1 fully saturated rings. The van der Waals surface area contributed by atoms with Gasteiger partial charge in [-0.25, -0.2) is 4.79 Å². The smallest absolute Gasteiger partial charge is 0.315 e. The van der Waals surface area contributed by atoms with Gasteiger partial charge in [-0.3, -0.25) is 4.79 Å². The van der Waals surface area contributed by atoms with E-state index in [-0.39, 0.29) is 24.5 Å². The van der Waals surface area contributed by atoms with Gasteiger partial charge in [0.15, 0.2) is 0 Å². The van der Waals surface area contributed by atoms with Crippen LogP contribution in [0.2, 0.25) is 0 Å². The van der Waals surface area contributed by atoms with Crippen molar-refractivity contribution in [1.82, 2.24) is 16.0 Å². The molecule has 0 bridgehead atoms. The van der Waals surface area contributed by atoms with Crippen molar-refractivity contribution in [3.05, 3.63) is 0 Å². The molecule has 3 amide bonds. The second-order valence-corrected chi connectivity index (χ2v) is 5.06. The summed E-state index contributed by atoms with van der Waals surface area (Å²) in [5.41, 5.74) is 0. The van der Waals surface area contributed by atoms with E-state index >= 15 is 0 Å². The lowest BCUT2D eigenvalue weighted by molar-refractivity contribution is -0.121. The largest absolute Gasteiger partial charge is 0.382 e. The highest BCUT2D eigenvalue weighted by atomic mass is 16.5. The van der Waals surface area contributed by atoms with E-state index in [4.69, 9.17) is 4.74 Å². The quantitative estimate of drug-likeness (QED) is 0.586. The van der Waals surface area contributed by atoms with Crippen molar-refractivity contribution < 1.29 is 14.3 Å². The number of ether oxygens (including phenoxy) is 1. The van der Waals surface area contributed by atoms with Crippen LogP contribution in [0.15, 0.2) is 0 Å². The molecule has 0 aromatic rings. The van der Waals surface area contributed by atoms with Crippen LogP contribution in [0.1, 0.15) is 45.4 Å². The summed E-state index contributed by atoms with van der Waals surface area (Å²) < 4.78 is 5.16. The maximum absolute atomic E-state index is 11.7. The van der Waals surface area contributed by atoms with E-state index in [1.165, 1.54) is 19.3 Å². The number of urea groups is 1. The fourth-order valence-corrected chi connectivity index (χ4v) is 2.27. The van der Waals surface area contributed by atoms with E-state index in [9.17, 15) is 9.59 Å². The molecule has 0 aliphatic heterocycles. The molecular weight excluding hydrogens is 258 g/mol. The third-order valence-corrected chi connectivity index (χ3v) is 3.33. The Morgan fingerprint density at radius 1 is 1.15 bits per heavy atom. The highest BCUT2D eigenvalue weighted by molar-refractivity contribution is 5.84. The molecule has 6 nitrogen and oxygen atoms in total. The second kappa shape index (κ2) is 10.5. The number of nitrogens with one attached hydrogen (secondary N) is 3. The van der Waals surface area contributed by atoms with Crippen LogP contribution in [0, 0.1) is 0 Å². The summed E-state index contributed by atoms with van der Waals surface area (Å²) in [6, 6.07) is -0.0207. The first-order chi connectivity index (χ1) is 9.72. The van der Waals surface area contributed by atoms with Crippen molar-refractivity contribution in [2.24, 2.45) is 0 Å². The Morgan fingerprint density at radius 2 is 1.90 bits per heavy atom. The highest BCUT2D eigenvalue weighted by Crippen LogP contribution is 2.16. The lowest BCUT2D eigenvalue weighted by atomic mass is 9.95. The van der Waals surface area contributed by atoms with Crippen LogP contribution in [0.4, 0.5) is 4.79 Å². The van der Waals surface area contributed by atoms with E-state index < -0.39 is 0 Å². The van der Waals surface area contributed by atoms with Crippen molar-refractivity contribution >= 4 is 11.9 Å². The first kappa shape index (κ1) is 16.8. The van der Waals surface area contributed by atoms with Crippen molar-refractivity contribution in [1.29, 1.82) is 0 Å². The Balaban J connectivity index is 2.00. The van der Waals surface area contributed by atoms with Crippen LogP contribution in [0.3, 0.4) is 0 Å². The number of carbonyl (C=O) groups is 2. The molecule has 20 heavy (non-hydrogen) atoms. The van der Waals surface area contributed by atoms with Crippen LogP contribution >= 0.6 is 0 Å². The number of hydrogen-bond acceptors (Lipinski definition) is 3. The molecule has 0 radical (unpaired) electrons. The molecular formula is C14H27N3O3. The molecule has 1 aliphatic carbocycles. The second-order valence-electron chi connectivity index (χ2n) is 5.06. The molecule has 0 aromatic heterocycles. The topological polar surface area (TPSA) is 79.5 Å². The van der Waals surface area contributed by atoms with Gasteiger partial charge in [-0.2, -0.15) is 0 Å². The number of carbonyl (C=O) groups excluding carboxylic acids is 2. The van der Waals surface area contributed by atoms with Gasteiger partial charge in [0, 0.05) is 25.8 Å². The van der Waals surface area contributed by atoms with Gasteiger partial charge in [0.25, 0.3) is 0 Å². The first-order valence-electron chi connectivity index (χ1n) is 7.61. The van der Waals surface area contributed by atoms with E-state index in [0.717, 1.165) is 19.3 Å². The molecule has 0 saturated heterocycles. The highest BCUT2D eigenvalue weighted by Gasteiger charge is 2.15. The minimum atomic E-state index is -0.305. The van der Waals surface area contributed by atoms with Crippen LogP contribution in [-0.2, 0) is 9.53 Å². The zero-order valence-electron chi connectivity index (χ0n) is 12.4. The maximum atomic E-state index is 11.7. The molecule has 1 saturated carbocycles. The Kier molecular flexibility index (Phi) is 8.78. The third kappa shape index (κ3) is 7.99. The van der Waals surface area contributed by atoms with Gasteiger partial charge in [-0.1, -0.05) is 19.3 Å². The van der Waals surface area contributed by atoms with Crippen molar-refractivity contribution in [3.8, 4) is 0 Å². The Hall–Kier alpha value is -1.30. The normalized spacial score (nSPS) is 15.7. The van der Waals surface area contributed by atoms with Gasteiger partial charge < -0.3 is 20.7 Å². The molecule has 1 aliphatic rings. The molecule has 0 spiro atoms. The molecule has 0 aromatic carbocycles. The minimum Gasteiger partial charge on any atom is -0.382 e. The van der Waals surface area contributed by atoms with Crippen molar-refractivity contribution in [3.63, 3.8) is 0 Å². The lowest BCUT2D eigenvalue weighted by Gasteiger charge is -2.22. The average Bonchev–Trinajstić information content (AvgIpc) is 2.46. The summed E-state index contributed by atoms with van der Waals surface area (Å²) in [5, 5.41) is 8.21. The molecule has 6 heteroatoms. The molecule has 1 rings (SSSR count). The van der Waals surface area contributed by atoms with Gasteiger partial charge in [-0.15, -0.1) is 0 Å². The van der Waals surface area contributed by atoms with Gasteiger partial charge in [0.2, 0.25) is 5.91 Å². The van der Waals surface area contributed by atoms with Crippen LogP contribution in [0.25, 0.3) is 0 Å². The average molecular weight is 285 g/mol. The standard InChI is InChI=1S/C14H27N3O3/c1-2-20-10-6-9-15-14(19)16-11-13(18)17-12-7-4-3-5-8-12/h12H,2-11H2,1H3,(H,17,18)(H2,15,16,19). The fraction of sp³-hybridized carbons (Fsp3) is 0.857. The van der Waals surface area contributed by atoms with Crippen molar-refractivity contribution in [2.75, 3.05) is 26.3 Å². The van der Waals surface area contributed by atoms with Gasteiger partial charge in [0.05, 0.1) is 6.54 Å². The van der Waals surface area contributed by atoms with Crippen LogP contribution < -0.4 is 16.0 Å². The minimum absolute atomic E-state index is 0.0355. The first-order valence-corrected chi connectivity index (χ1v) is 7.61. The van der Waals surface area contributed by atoms with Gasteiger partial charge in [0.1, 0.15) is 0 Å². The summed E-state index contributed by atoms with van der Waals surface area (Å²) in [5.74, 6) is -0.110. The molecule has 3 N–H and O–H groups in total. The van der Waals surface area contributed by atoms with Crippen LogP contribution in [-0.4, -0.2) is 44.3 Å². The number of rotatable bonds is 8. The molecule has 116 valence electrons. The van der Waals surface area contributed by atoms with E-state index in [2.05, 4.69) is 16.0 Å². The molecule has 0 heterocycles. The summed E-state index contributed by atoms with van der Waals surface area (Å²) in [4.78, 5) is 23.1. The van der Waals surface area contributed by atoms with Gasteiger partial charge in [-0.05, 0) is 26.2 Å². The van der Waals surface area contributed by atoms with Gasteiger partial charge >= 0.3 is 6.03 Å². The predicted octanol–water partition coefficient (Wildman–Crippen LogP) is 1.16. The Bertz CT molecular complexity index is 291. The lowest BCUT2D eigenvalue weighted by Crippen LogP contribution is -2.45. The van der Waals surface area contributed by atoms with E-state index in [0.29, 0.717) is 19.8 Å². The van der Waals surface area contributed by atoms with Crippen molar-refractivity contribution in [2.45, 2.75) is 51.5 Å². The molecule has 0 unspecified atom stereocenters. The Labute approximate surface area is 121 Å². The predicted molar refractivity (Wildman–Crippen MR) is 77.5 cm³/mol. The van der Waals surface area contributed by atoms with E-state index in [1.807, 2.05) is 6.92 Å². The number of hydrogen-bond donors (Lipinski definition) is 3. The summed E-state index contributed by atoms with van der Waals surface area (Å²) >= 11 is 0. The molecule has 0 atom stereocenters. The monoisotopic (exact) mass is 285 g/mol.